The van der Waals surface area contributed by atoms with Crippen molar-refractivity contribution in [3.05, 3.63) is 58.6 Å². The highest BCUT2D eigenvalue weighted by Crippen LogP contribution is 2.32. The van der Waals surface area contributed by atoms with Gasteiger partial charge in [-0.25, -0.2) is 4.99 Å². The van der Waals surface area contributed by atoms with Crippen LogP contribution in [0.4, 0.5) is 5.69 Å². The molecule has 4 N–H and O–H groups in total. The minimum absolute atomic E-state index is 0. The minimum atomic E-state index is -0.184. The van der Waals surface area contributed by atoms with Gasteiger partial charge in [0.05, 0.1) is 0 Å². The van der Waals surface area contributed by atoms with Crippen molar-refractivity contribution in [1.29, 1.82) is 0 Å². The van der Waals surface area contributed by atoms with Crippen molar-refractivity contribution < 1.29 is 9.53 Å². The number of amidine groups is 1. The van der Waals surface area contributed by atoms with E-state index in [1.165, 1.54) is 0 Å². The fourth-order valence-electron chi connectivity index (χ4n) is 2.85. The molecule has 1 unspecified atom stereocenters. The summed E-state index contributed by atoms with van der Waals surface area (Å²) in [5.41, 5.74) is 8.38. The Hall–Kier alpha value is -1.99. The maximum Gasteiger partial charge on any atom is 0.251 e. The summed E-state index contributed by atoms with van der Waals surface area (Å²) in [6.07, 6.45) is 1.69. The topological polar surface area (TPSA) is 88.7 Å². The SMILES string of the molecule is CC1Oc2ccc(CNCCCCNC(=O)c3ccc(Cl)cc3)cc2N=C1N.Cl.Cl. The van der Waals surface area contributed by atoms with Gasteiger partial charge in [0, 0.05) is 23.7 Å². The second-order valence-corrected chi connectivity index (χ2v) is 7.18. The van der Waals surface area contributed by atoms with E-state index in [0.717, 1.165) is 42.9 Å². The maximum atomic E-state index is 12.0. The average molecular weight is 474 g/mol. The molecule has 6 nitrogen and oxygen atoms in total. The number of nitrogens with two attached hydrogens (primary N) is 1. The minimum Gasteiger partial charge on any atom is -0.481 e. The van der Waals surface area contributed by atoms with Gasteiger partial charge in [0.15, 0.2) is 6.10 Å². The lowest BCUT2D eigenvalue weighted by Gasteiger charge is -2.21. The molecule has 1 heterocycles. The Bertz CT molecular complexity index is 860. The predicted molar refractivity (Wildman–Crippen MR) is 127 cm³/mol. The highest BCUT2D eigenvalue weighted by atomic mass is 35.5. The zero-order chi connectivity index (χ0) is 19.9. The molecule has 2 aromatic rings. The lowest BCUT2D eigenvalue weighted by molar-refractivity contribution is 0.0953. The number of aliphatic imine (C=N–C) groups is 1. The first-order valence-electron chi connectivity index (χ1n) is 9.41. The smallest absolute Gasteiger partial charge is 0.251 e. The lowest BCUT2D eigenvalue weighted by Crippen LogP contribution is -2.33. The molecule has 0 fully saturated rings. The number of carbonyl (C=O) groups is 1. The molecule has 0 saturated heterocycles. The van der Waals surface area contributed by atoms with Gasteiger partial charge in [-0.15, -0.1) is 24.8 Å². The number of unbranched alkanes of at least 4 members (excludes halogenated alkanes) is 1. The van der Waals surface area contributed by atoms with Crippen LogP contribution in [0.1, 0.15) is 35.7 Å². The van der Waals surface area contributed by atoms with Crippen LogP contribution in [-0.2, 0) is 6.54 Å². The number of rotatable bonds is 8. The van der Waals surface area contributed by atoms with Crippen molar-refractivity contribution in [3.63, 3.8) is 0 Å². The van der Waals surface area contributed by atoms with Gasteiger partial charge >= 0.3 is 0 Å². The summed E-state index contributed by atoms with van der Waals surface area (Å²) in [4.78, 5) is 16.4. The Morgan fingerprint density at radius 3 is 2.57 bits per heavy atom. The van der Waals surface area contributed by atoms with Crippen molar-refractivity contribution in [3.8, 4) is 5.75 Å². The number of hydrogen-bond acceptors (Lipinski definition) is 5. The molecule has 0 spiro atoms. The second kappa shape index (κ2) is 12.6. The van der Waals surface area contributed by atoms with Crippen LogP contribution in [0.3, 0.4) is 0 Å². The summed E-state index contributed by atoms with van der Waals surface area (Å²) in [7, 11) is 0. The molecule has 1 aliphatic rings. The summed E-state index contributed by atoms with van der Waals surface area (Å²) in [6, 6.07) is 12.8. The molecule has 0 aromatic heterocycles. The summed E-state index contributed by atoms with van der Waals surface area (Å²) in [5, 5.41) is 6.95. The van der Waals surface area contributed by atoms with Gasteiger partial charge in [0.25, 0.3) is 5.91 Å². The molecule has 0 radical (unpaired) electrons. The monoisotopic (exact) mass is 472 g/mol. The van der Waals surface area contributed by atoms with Crippen molar-refractivity contribution in [2.45, 2.75) is 32.4 Å². The van der Waals surface area contributed by atoms with Gasteiger partial charge in [-0.1, -0.05) is 17.7 Å². The molecule has 2 aromatic carbocycles. The standard InChI is InChI=1S/C21H25ClN4O2.2ClH/c1-14-20(23)26-18-12-15(4-9-19(18)28-14)13-24-10-2-3-11-25-21(27)16-5-7-17(22)8-6-16;;/h4-9,12,14,24H,2-3,10-11,13H2,1H3,(H2,23,26)(H,25,27);2*1H. The average Bonchev–Trinajstić information content (AvgIpc) is 2.68. The number of halogens is 3. The zero-order valence-corrected chi connectivity index (χ0v) is 19.1. The molecular weight excluding hydrogens is 447 g/mol. The Kier molecular flexibility index (Phi) is 11.0. The van der Waals surface area contributed by atoms with Gasteiger partial charge in [-0.3, -0.25) is 4.79 Å². The van der Waals surface area contributed by atoms with Crippen LogP contribution in [-0.4, -0.2) is 30.9 Å². The zero-order valence-electron chi connectivity index (χ0n) is 16.7. The molecule has 1 amide bonds. The van der Waals surface area contributed by atoms with Crippen LogP contribution in [0, 0.1) is 0 Å². The third kappa shape index (κ3) is 7.36. The predicted octanol–water partition coefficient (Wildman–Crippen LogP) is 4.25. The number of nitrogens with zero attached hydrogens (tertiary/aromatic N) is 1. The molecule has 164 valence electrons. The molecule has 30 heavy (non-hydrogen) atoms. The number of nitrogens with one attached hydrogen (secondary N) is 2. The summed E-state index contributed by atoms with van der Waals surface area (Å²) in [5.74, 6) is 1.19. The first-order valence-corrected chi connectivity index (χ1v) is 9.79. The number of amides is 1. The van der Waals surface area contributed by atoms with Gasteiger partial charge < -0.3 is 21.1 Å². The van der Waals surface area contributed by atoms with Gasteiger partial charge in [-0.2, -0.15) is 0 Å². The van der Waals surface area contributed by atoms with E-state index in [1.807, 2.05) is 25.1 Å². The van der Waals surface area contributed by atoms with Crippen LogP contribution >= 0.6 is 36.4 Å². The number of fused-ring (bicyclic) bond motifs is 1. The van der Waals surface area contributed by atoms with Crippen LogP contribution < -0.4 is 21.1 Å². The van der Waals surface area contributed by atoms with E-state index in [0.29, 0.717) is 23.0 Å². The van der Waals surface area contributed by atoms with Crippen molar-refractivity contribution >= 4 is 53.8 Å². The summed E-state index contributed by atoms with van der Waals surface area (Å²) < 4.78 is 5.71. The highest BCUT2D eigenvalue weighted by molar-refractivity contribution is 6.30. The number of benzene rings is 2. The molecule has 9 heteroatoms. The fourth-order valence-corrected chi connectivity index (χ4v) is 2.98. The summed E-state index contributed by atoms with van der Waals surface area (Å²) >= 11 is 5.83. The molecule has 1 atom stereocenters. The first kappa shape index (κ1) is 26.0. The molecule has 0 saturated carbocycles. The molecule has 0 aliphatic carbocycles. The van der Waals surface area contributed by atoms with Crippen molar-refractivity contribution in [2.75, 3.05) is 13.1 Å². The van der Waals surface area contributed by atoms with E-state index in [2.05, 4.69) is 15.6 Å². The third-order valence-corrected chi connectivity index (χ3v) is 4.75. The Morgan fingerprint density at radius 2 is 1.83 bits per heavy atom. The Labute approximate surface area is 194 Å². The largest absolute Gasteiger partial charge is 0.481 e. The van der Waals surface area contributed by atoms with E-state index >= 15 is 0 Å². The number of carbonyl (C=O) groups excluding carboxylic acids is 1. The van der Waals surface area contributed by atoms with E-state index in [1.54, 1.807) is 24.3 Å². The van der Waals surface area contributed by atoms with Gasteiger partial charge in [0.1, 0.15) is 17.3 Å². The highest BCUT2D eigenvalue weighted by Gasteiger charge is 2.18. The van der Waals surface area contributed by atoms with Crippen molar-refractivity contribution in [1.82, 2.24) is 10.6 Å². The normalized spacial score (nSPS) is 14.3. The van der Waals surface area contributed by atoms with E-state index < -0.39 is 0 Å². The first-order chi connectivity index (χ1) is 13.5. The van der Waals surface area contributed by atoms with Crippen LogP contribution in [0.2, 0.25) is 5.02 Å². The quantitative estimate of drug-likeness (QED) is 0.500. The van der Waals surface area contributed by atoms with Crippen LogP contribution in [0.5, 0.6) is 5.75 Å². The second-order valence-electron chi connectivity index (χ2n) is 6.75. The molecule has 0 bridgehead atoms. The fraction of sp³-hybridized carbons (Fsp3) is 0.333. The van der Waals surface area contributed by atoms with E-state index in [4.69, 9.17) is 22.1 Å². The van der Waals surface area contributed by atoms with E-state index in [-0.39, 0.29) is 36.8 Å². The Morgan fingerprint density at radius 1 is 1.13 bits per heavy atom. The van der Waals surface area contributed by atoms with E-state index in [9.17, 15) is 4.79 Å². The molecular formula is C21H27Cl3N4O2. The third-order valence-electron chi connectivity index (χ3n) is 4.49. The lowest BCUT2D eigenvalue weighted by atomic mass is 10.1. The van der Waals surface area contributed by atoms with Crippen molar-refractivity contribution in [2.24, 2.45) is 10.7 Å². The molecule has 1 aliphatic heterocycles. The molecule has 3 rings (SSSR count). The number of hydrogen-bond donors (Lipinski definition) is 3. The van der Waals surface area contributed by atoms with Gasteiger partial charge in [-0.05, 0) is 68.3 Å². The Balaban J connectivity index is 0.00000225. The van der Waals surface area contributed by atoms with Crippen LogP contribution in [0.15, 0.2) is 47.5 Å². The summed E-state index contributed by atoms with van der Waals surface area (Å²) in [6.45, 7) is 4.14. The van der Waals surface area contributed by atoms with Gasteiger partial charge in [0.2, 0.25) is 0 Å². The van der Waals surface area contributed by atoms with Crippen LogP contribution in [0.25, 0.3) is 0 Å². The maximum absolute atomic E-state index is 12.0. The number of ether oxygens (including phenoxy) is 1.